The van der Waals surface area contributed by atoms with Gasteiger partial charge in [-0.25, -0.2) is 9.97 Å². The zero-order valence-electron chi connectivity index (χ0n) is 18.2. The third kappa shape index (κ3) is 4.60. The average Bonchev–Trinajstić information content (AvgIpc) is 3.30. The average molecular weight is 431 g/mol. The number of hydrogen-bond donors (Lipinski definition) is 2. The van der Waals surface area contributed by atoms with E-state index in [-0.39, 0.29) is 17.4 Å². The molecular formula is C24H26N6O2. The van der Waals surface area contributed by atoms with Gasteiger partial charge in [-0.05, 0) is 44.8 Å². The predicted molar refractivity (Wildman–Crippen MR) is 124 cm³/mol. The van der Waals surface area contributed by atoms with Crippen LogP contribution in [0, 0.1) is 0 Å². The van der Waals surface area contributed by atoms with Crippen molar-refractivity contribution in [2.75, 3.05) is 38.2 Å². The lowest BCUT2D eigenvalue weighted by molar-refractivity contribution is 0.0783. The summed E-state index contributed by atoms with van der Waals surface area (Å²) in [5, 5.41) is 2.77. The molecule has 3 N–H and O–H groups in total. The molecule has 3 aromatic rings. The van der Waals surface area contributed by atoms with Gasteiger partial charge in [0.1, 0.15) is 0 Å². The molecule has 2 heterocycles. The first-order valence-electron chi connectivity index (χ1n) is 10.5. The highest BCUT2D eigenvalue weighted by Gasteiger charge is 2.28. The van der Waals surface area contributed by atoms with Gasteiger partial charge >= 0.3 is 0 Å². The molecule has 1 aromatic heterocycles. The Labute approximate surface area is 187 Å². The van der Waals surface area contributed by atoms with Crippen molar-refractivity contribution in [2.45, 2.75) is 12.5 Å². The molecule has 1 atom stereocenters. The number of benzene rings is 2. The van der Waals surface area contributed by atoms with E-state index in [4.69, 9.17) is 5.73 Å². The van der Waals surface area contributed by atoms with Gasteiger partial charge in [0.2, 0.25) is 0 Å². The van der Waals surface area contributed by atoms with E-state index in [0.29, 0.717) is 35.1 Å². The second-order valence-electron chi connectivity index (χ2n) is 8.05. The molecule has 8 heteroatoms. The lowest BCUT2D eigenvalue weighted by Gasteiger charge is -2.20. The minimum Gasteiger partial charge on any atom is -0.382 e. The number of likely N-dealkylation sites (N-methyl/N-ethyl adjacent to an activating group) is 1. The van der Waals surface area contributed by atoms with Crippen LogP contribution < -0.4 is 11.1 Å². The summed E-state index contributed by atoms with van der Waals surface area (Å²) < 4.78 is 0. The summed E-state index contributed by atoms with van der Waals surface area (Å²) in [6.07, 6.45) is 2.47. The van der Waals surface area contributed by atoms with Crippen LogP contribution in [0.2, 0.25) is 0 Å². The SMILES string of the molecule is CN(C)C1CCN(C(=O)c2cccc(-c3cnc(N)c(C(=O)Nc4ccccc4)n3)c2)C1. The molecule has 0 bridgehead atoms. The first-order chi connectivity index (χ1) is 15.4. The van der Waals surface area contributed by atoms with Gasteiger partial charge in [-0.1, -0.05) is 30.3 Å². The highest BCUT2D eigenvalue weighted by molar-refractivity contribution is 6.06. The lowest BCUT2D eigenvalue weighted by Crippen LogP contribution is -2.34. The molecule has 2 amide bonds. The summed E-state index contributed by atoms with van der Waals surface area (Å²) in [7, 11) is 4.06. The maximum absolute atomic E-state index is 13.0. The highest BCUT2D eigenvalue weighted by atomic mass is 16.2. The smallest absolute Gasteiger partial charge is 0.278 e. The molecule has 0 aliphatic carbocycles. The number of nitrogen functional groups attached to an aromatic ring is 1. The van der Waals surface area contributed by atoms with E-state index in [1.165, 1.54) is 6.20 Å². The Bertz CT molecular complexity index is 1130. The van der Waals surface area contributed by atoms with Crippen molar-refractivity contribution < 1.29 is 9.59 Å². The summed E-state index contributed by atoms with van der Waals surface area (Å²) in [6, 6.07) is 16.7. The topological polar surface area (TPSA) is 104 Å². The van der Waals surface area contributed by atoms with Gasteiger partial charge in [0.25, 0.3) is 11.8 Å². The quantitative estimate of drug-likeness (QED) is 0.645. The molecule has 0 saturated carbocycles. The summed E-state index contributed by atoms with van der Waals surface area (Å²) >= 11 is 0. The molecular weight excluding hydrogens is 404 g/mol. The Balaban J connectivity index is 1.56. The molecule has 1 aliphatic rings. The maximum Gasteiger partial charge on any atom is 0.278 e. The Morgan fingerprint density at radius 1 is 1.12 bits per heavy atom. The monoisotopic (exact) mass is 430 g/mol. The molecule has 1 unspecified atom stereocenters. The van der Waals surface area contributed by atoms with Crippen molar-refractivity contribution >= 4 is 23.3 Å². The van der Waals surface area contributed by atoms with Crippen LogP contribution in [0.3, 0.4) is 0 Å². The van der Waals surface area contributed by atoms with E-state index < -0.39 is 5.91 Å². The Morgan fingerprint density at radius 2 is 1.91 bits per heavy atom. The number of para-hydroxylation sites is 1. The maximum atomic E-state index is 13.0. The molecule has 2 aromatic carbocycles. The van der Waals surface area contributed by atoms with E-state index in [9.17, 15) is 9.59 Å². The summed E-state index contributed by atoms with van der Waals surface area (Å²) in [5.74, 6) is -0.412. The second-order valence-corrected chi connectivity index (χ2v) is 8.05. The van der Waals surface area contributed by atoms with Crippen molar-refractivity contribution in [3.05, 3.63) is 72.1 Å². The Morgan fingerprint density at radius 3 is 2.62 bits per heavy atom. The van der Waals surface area contributed by atoms with Crippen LogP contribution >= 0.6 is 0 Å². The van der Waals surface area contributed by atoms with E-state index in [2.05, 4.69) is 20.2 Å². The van der Waals surface area contributed by atoms with E-state index >= 15 is 0 Å². The van der Waals surface area contributed by atoms with Gasteiger partial charge in [0.05, 0.1) is 11.9 Å². The number of nitrogens with one attached hydrogen (secondary N) is 1. The number of nitrogens with two attached hydrogens (primary N) is 1. The summed E-state index contributed by atoms with van der Waals surface area (Å²) in [5.41, 5.74) is 8.34. The molecule has 0 radical (unpaired) electrons. The van der Waals surface area contributed by atoms with E-state index in [1.807, 2.05) is 49.3 Å². The van der Waals surface area contributed by atoms with E-state index in [1.54, 1.807) is 24.3 Å². The van der Waals surface area contributed by atoms with Crippen LogP contribution in [-0.4, -0.2) is 64.8 Å². The lowest BCUT2D eigenvalue weighted by atomic mass is 10.1. The number of carbonyl (C=O) groups excluding carboxylic acids is 2. The summed E-state index contributed by atoms with van der Waals surface area (Å²) in [4.78, 5) is 38.3. The summed E-state index contributed by atoms with van der Waals surface area (Å²) in [6.45, 7) is 1.44. The zero-order valence-corrected chi connectivity index (χ0v) is 18.2. The molecule has 8 nitrogen and oxygen atoms in total. The third-order valence-electron chi connectivity index (χ3n) is 5.63. The largest absolute Gasteiger partial charge is 0.382 e. The number of likely N-dealkylation sites (tertiary alicyclic amines) is 1. The van der Waals surface area contributed by atoms with Crippen molar-refractivity contribution in [1.82, 2.24) is 19.8 Å². The van der Waals surface area contributed by atoms with Gasteiger partial charge in [0, 0.05) is 35.9 Å². The fourth-order valence-corrected chi connectivity index (χ4v) is 3.76. The number of aromatic nitrogens is 2. The normalized spacial score (nSPS) is 15.7. The molecule has 164 valence electrons. The van der Waals surface area contributed by atoms with Crippen molar-refractivity contribution in [1.29, 1.82) is 0 Å². The number of carbonyl (C=O) groups is 2. The predicted octanol–water partition coefficient (Wildman–Crippen LogP) is 2.75. The molecule has 1 aliphatic heterocycles. The van der Waals surface area contributed by atoms with Crippen LogP contribution in [0.25, 0.3) is 11.3 Å². The molecule has 4 rings (SSSR count). The fourth-order valence-electron chi connectivity index (χ4n) is 3.76. The van der Waals surface area contributed by atoms with Crippen LogP contribution in [-0.2, 0) is 0 Å². The highest BCUT2D eigenvalue weighted by Crippen LogP contribution is 2.23. The van der Waals surface area contributed by atoms with Crippen LogP contribution in [0.15, 0.2) is 60.8 Å². The second kappa shape index (κ2) is 9.15. The molecule has 1 fully saturated rings. The van der Waals surface area contributed by atoms with Crippen LogP contribution in [0.4, 0.5) is 11.5 Å². The van der Waals surface area contributed by atoms with Crippen LogP contribution in [0.5, 0.6) is 0 Å². The Kier molecular flexibility index (Phi) is 6.13. The fraction of sp³-hybridized carbons (Fsp3) is 0.250. The number of amides is 2. The minimum atomic E-state index is -0.443. The number of nitrogens with zero attached hydrogens (tertiary/aromatic N) is 4. The van der Waals surface area contributed by atoms with Gasteiger partial charge in [-0.3, -0.25) is 9.59 Å². The number of rotatable bonds is 5. The third-order valence-corrected chi connectivity index (χ3v) is 5.63. The standard InChI is InChI=1S/C24H26N6O2/c1-29(2)19-11-12-30(15-19)24(32)17-8-6-7-16(13-17)20-14-26-22(25)21(28-20)23(31)27-18-9-4-3-5-10-18/h3-10,13-14,19H,11-12,15H2,1-2H3,(H2,25,26)(H,27,31). The zero-order chi connectivity index (χ0) is 22.7. The first-order valence-corrected chi connectivity index (χ1v) is 10.5. The Hall–Kier alpha value is -3.78. The molecule has 32 heavy (non-hydrogen) atoms. The first kappa shape index (κ1) is 21.5. The van der Waals surface area contributed by atoms with Gasteiger partial charge < -0.3 is 20.9 Å². The molecule has 0 spiro atoms. The van der Waals surface area contributed by atoms with Crippen molar-refractivity contribution in [3.63, 3.8) is 0 Å². The van der Waals surface area contributed by atoms with Crippen molar-refractivity contribution in [2.24, 2.45) is 0 Å². The number of anilines is 2. The van der Waals surface area contributed by atoms with Gasteiger partial charge in [-0.2, -0.15) is 0 Å². The number of hydrogen-bond acceptors (Lipinski definition) is 6. The van der Waals surface area contributed by atoms with Gasteiger partial charge in [-0.15, -0.1) is 0 Å². The van der Waals surface area contributed by atoms with Crippen molar-refractivity contribution in [3.8, 4) is 11.3 Å². The minimum absolute atomic E-state index is 0.0124. The molecule has 1 saturated heterocycles. The van der Waals surface area contributed by atoms with Gasteiger partial charge in [0.15, 0.2) is 11.5 Å². The van der Waals surface area contributed by atoms with E-state index in [0.717, 1.165) is 13.0 Å². The van der Waals surface area contributed by atoms with Crippen LogP contribution in [0.1, 0.15) is 27.3 Å².